The SMILES string of the molecule is CCCCCSc1cccc(SC)c1C#N. The molecule has 0 amide bonds. The largest absolute Gasteiger partial charge is 0.192 e. The maximum Gasteiger partial charge on any atom is 0.101 e. The van der Waals surface area contributed by atoms with Crippen LogP contribution in [0.15, 0.2) is 28.0 Å². The fraction of sp³-hybridized carbons (Fsp3) is 0.462. The van der Waals surface area contributed by atoms with Gasteiger partial charge in [-0.3, -0.25) is 0 Å². The third kappa shape index (κ3) is 3.77. The van der Waals surface area contributed by atoms with Gasteiger partial charge in [0.25, 0.3) is 0 Å². The first kappa shape index (κ1) is 13.5. The molecule has 0 saturated heterocycles. The molecule has 0 aliphatic rings. The summed E-state index contributed by atoms with van der Waals surface area (Å²) in [4.78, 5) is 2.22. The maximum absolute atomic E-state index is 9.16. The molecule has 86 valence electrons. The van der Waals surface area contributed by atoms with E-state index in [0.29, 0.717) is 0 Å². The third-order valence-electron chi connectivity index (χ3n) is 2.33. The minimum Gasteiger partial charge on any atom is -0.192 e. The molecule has 16 heavy (non-hydrogen) atoms. The van der Waals surface area contributed by atoms with Gasteiger partial charge in [-0.25, -0.2) is 0 Å². The van der Waals surface area contributed by atoms with Gasteiger partial charge in [-0.1, -0.05) is 25.8 Å². The van der Waals surface area contributed by atoms with Crippen LogP contribution in [0.2, 0.25) is 0 Å². The topological polar surface area (TPSA) is 23.8 Å². The fourth-order valence-corrected chi connectivity index (χ4v) is 3.13. The second-order valence-electron chi connectivity index (χ2n) is 3.50. The van der Waals surface area contributed by atoms with Crippen molar-refractivity contribution in [1.82, 2.24) is 0 Å². The van der Waals surface area contributed by atoms with Crippen molar-refractivity contribution in [2.45, 2.75) is 36.0 Å². The highest BCUT2D eigenvalue weighted by Crippen LogP contribution is 2.30. The van der Waals surface area contributed by atoms with Gasteiger partial charge in [0.05, 0.1) is 5.56 Å². The molecule has 0 aromatic heterocycles. The summed E-state index contributed by atoms with van der Waals surface area (Å²) in [6.45, 7) is 2.21. The van der Waals surface area contributed by atoms with Crippen LogP contribution in [0.25, 0.3) is 0 Å². The predicted octanol–water partition coefficient (Wildman–Crippen LogP) is 4.56. The molecule has 3 heteroatoms. The van der Waals surface area contributed by atoms with E-state index >= 15 is 0 Å². The Hall–Kier alpha value is -0.590. The minimum absolute atomic E-state index is 0.844. The third-order valence-corrected chi connectivity index (χ3v) is 4.25. The number of nitrogens with zero attached hydrogens (tertiary/aromatic N) is 1. The van der Waals surface area contributed by atoms with Gasteiger partial charge in [0, 0.05) is 9.79 Å². The van der Waals surface area contributed by atoms with Gasteiger partial charge in [0.1, 0.15) is 6.07 Å². The molecule has 1 rings (SSSR count). The van der Waals surface area contributed by atoms with Crippen LogP contribution in [0, 0.1) is 11.3 Å². The van der Waals surface area contributed by atoms with Crippen molar-refractivity contribution in [2.75, 3.05) is 12.0 Å². The number of benzene rings is 1. The highest BCUT2D eigenvalue weighted by Gasteiger charge is 2.07. The molecule has 1 aromatic carbocycles. The van der Waals surface area contributed by atoms with Crippen molar-refractivity contribution in [3.05, 3.63) is 23.8 Å². The molecule has 0 heterocycles. The van der Waals surface area contributed by atoms with E-state index in [2.05, 4.69) is 19.1 Å². The number of unbranched alkanes of at least 4 members (excludes halogenated alkanes) is 2. The van der Waals surface area contributed by atoms with Crippen LogP contribution in [-0.2, 0) is 0 Å². The number of rotatable bonds is 6. The van der Waals surface area contributed by atoms with E-state index in [4.69, 9.17) is 5.26 Å². The van der Waals surface area contributed by atoms with Crippen LogP contribution in [0.1, 0.15) is 31.7 Å². The monoisotopic (exact) mass is 251 g/mol. The number of hydrogen-bond donors (Lipinski definition) is 0. The van der Waals surface area contributed by atoms with Crippen LogP contribution in [0.5, 0.6) is 0 Å². The Bertz CT molecular complexity index is 369. The zero-order valence-electron chi connectivity index (χ0n) is 9.82. The normalized spacial score (nSPS) is 10.1. The summed E-state index contributed by atoms with van der Waals surface area (Å²) in [6, 6.07) is 8.41. The van der Waals surface area contributed by atoms with E-state index in [1.54, 1.807) is 23.5 Å². The lowest BCUT2D eigenvalue weighted by atomic mass is 10.2. The Kier molecular flexibility index (Phi) is 6.44. The summed E-state index contributed by atoms with van der Waals surface area (Å²) in [5.41, 5.74) is 0.844. The van der Waals surface area contributed by atoms with E-state index in [1.165, 1.54) is 19.3 Å². The Morgan fingerprint density at radius 3 is 2.62 bits per heavy atom. The lowest BCUT2D eigenvalue weighted by Crippen LogP contribution is -1.87. The molecule has 0 aliphatic heterocycles. The van der Waals surface area contributed by atoms with Crippen LogP contribution in [0.3, 0.4) is 0 Å². The van der Waals surface area contributed by atoms with E-state index in [-0.39, 0.29) is 0 Å². The molecule has 0 bridgehead atoms. The summed E-state index contributed by atoms with van der Waals surface area (Å²) >= 11 is 3.45. The fourth-order valence-electron chi connectivity index (χ4n) is 1.45. The van der Waals surface area contributed by atoms with Gasteiger partial charge >= 0.3 is 0 Å². The predicted molar refractivity (Wildman–Crippen MR) is 73.2 cm³/mol. The maximum atomic E-state index is 9.16. The van der Waals surface area contributed by atoms with Crippen LogP contribution < -0.4 is 0 Å². The average molecular weight is 251 g/mol. The van der Waals surface area contributed by atoms with E-state index in [1.807, 2.05) is 18.4 Å². The summed E-state index contributed by atoms with van der Waals surface area (Å²) in [5, 5.41) is 9.16. The summed E-state index contributed by atoms with van der Waals surface area (Å²) < 4.78 is 0. The van der Waals surface area contributed by atoms with Gasteiger partial charge in [0.15, 0.2) is 0 Å². The molecule has 1 nitrogen and oxygen atoms in total. The van der Waals surface area contributed by atoms with Gasteiger partial charge in [-0.05, 0) is 30.6 Å². The Balaban J connectivity index is 2.68. The van der Waals surface area contributed by atoms with Crippen molar-refractivity contribution in [1.29, 1.82) is 5.26 Å². The highest BCUT2D eigenvalue weighted by atomic mass is 32.2. The first-order valence-corrected chi connectivity index (χ1v) is 7.74. The highest BCUT2D eigenvalue weighted by molar-refractivity contribution is 7.99. The zero-order chi connectivity index (χ0) is 11.8. The molecule has 0 fully saturated rings. The van der Waals surface area contributed by atoms with Crippen LogP contribution in [-0.4, -0.2) is 12.0 Å². The van der Waals surface area contributed by atoms with E-state index < -0.39 is 0 Å². The average Bonchev–Trinajstić information content (AvgIpc) is 2.34. The summed E-state index contributed by atoms with van der Waals surface area (Å²) in [6.07, 6.45) is 5.77. The lowest BCUT2D eigenvalue weighted by molar-refractivity contribution is 0.778. The van der Waals surface area contributed by atoms with Crippen molar-refractivity contribution in [3.63, 3.8) is 0 Å². The second-order valence-corrected chi connectivity index (χ2v) is 5.49. The number of nitriles is 1. The Morgan fingerprint density at radius 2 is 2.00 bits per heavy atom. The quantitative estimate of drug-likeness (QED) is 0.547. The first-order chi connectivity index (χ1) is 7.83. The van der Waals surface area contributed by atoms with Gasteiger partial charge in [0.2, 0.25) is 0 Å². The molecule has 0 atom stereocenters. The van der Waals surface area contributed by atoms with Gasteiger partial charge in [-0.2, -0.15) is 5.26 Å². The molecular formula is C13H17NS2. The Labute approximate surface area is 107 Å². The van der Waals surface area contributed by atoms with Gasteiger partial charge < -0.3 is 0 Å². The Morgan fingerprint density at radius 1 is 1.25 bits per heavy atom. The molecule has 0 spiro atoms. The molecule has 0 radical (unpaired) electrons. The van der Waals surface area contributed by atoms with Crippen LogP contribution in [0.4, 0.5) is 0 Å². The summed E-state index contributed by atoms with van der Waals surface area (Å²) in [7, 11) is 0. The van der Waals surface area contributed by atoms with Crippen molar-refractivity contribution < 1.29 is 0 Å². The standard InChI is InChI=1S/C13H17NS2/c1-3-4-5-9-16-13-8-6-7-12(15-2)11(13)10-14/h6-8H,3-5,9H2,1-2H3. The van der Waals surface area contributed by atoms with Crippen molar-refractivity contribution in [2.24, 2.45) is 0 Å². The zero-order valence-corrected chi connectivity index (χ0v) is 11.5. The number of hydrogen-bond acceptors (Lipinski definition) is 3. The van der Waals surface area contributed by atoms with Gasteiger partial charge in [-0.15, -0.1) is 23.5 Å². The molecule has 0 unspecified atom stereocenters. The number of thioether (sulfide) groups is 2. The molecule has 0 N–H and O–H groups in total. The molecule has 1 aromatic rings. The first-order valence-electron chi connectivity index (χ1n) is 5.53. The molecule has 0 aliphatic carbocycles. The molecule has 0 saturated carbocycles. The van der Waals surface area contributed by atoms with E-state index in [9.17, 15) is 0 Å². The smallest absolute Gasteiger partial charge is 0.101 e. The molecular weight excluding hydrogens is 234 g/mol. The van der Waals surface area contributed by atoms with E-state index in [0.717, 1.165) is 21.1 Å². The second kappa shape index (κ2) is 7.65. The lowest BCUT2D eigenvalue weighted by Gasteiger charge is -2.06. The van der Waals surface area contributed by atoms with Crippen molar-refractivity contribution in [3.8, 4) is 6.07 Å². The van der Waals surface area contributed by atoms with Crippen molar-refractivity contribution >= 4 is 23.5 Å². The summed E-state index contributed by atoms with van der Waals surface area (Å²) in [5.74, 6) is 1.11. The van der Waals surface area contributed by atoms with Crippen LogP contribution >= 0.6 is 23.5 Å². The minimum atomic E-state index is 0.844.